The van der Waals surface area contributed by atoms with Gasteiger partial charge in [-0.15, -0.1) is 0 Å². The summed E-state index contributed by atoms with van der Waals surface area (Å²) < 4.78 is 14.7. The molecule has 2 heterocycles. The first-order valence-electron chi connectivity index (χ1n) is 3.99. The van der Waals surface area contributed by atoms with Crippen LogP contribution in [0.2, 0.25) is 5.02 Å². The van der Waals surface area contributed by atoms with Gasteiger partial charge in [0.1, 0.15) is 0 Å². The minimum absolute atomic E-state index is 0.155. The van der Waals surface area contributed by atoms with E-state index in [1.54, 1.807) is 12.4 Å². The van der Waals surface area contributed by atoms with Gasteiger partial charge >= 0.3 is 0 Å². The fourth-order valence-corrected chi connectivity index (χ4v) is 1.25. The minimum atomic E-state index is -0.486. The maximum Gasteiger partial charge on any atom is 0.189 e. The molecule has 14 heavy (non-hydrogen) atoms. The number of hydrogen-bond donors (Lipinski definition) is 0. The monoisotopic (exact) mass is 211 g/mol. The first-order valence-corrected chi connectivity index (χ1v) is 4.37. The standard InChI is InChI=1S/C9H7ClFN3/c1-6-3-13-14(5-6)9-8(11)2-7(10)4-12-9/h2-5H,1H3. The summed E-state index contributed by atoms with van der Waals surface area (Å²) in [5, 5.41) is 4.22. The number of nitrogens with zero attached hydrogens (tertiary/aromatic N) is 3. The third-order valence-corrected chi connectivity index (χ3v) is 1.92. The predicted octanol–water partition coefficient (Wildman–Crippen LogP) is 2.37. The Hall–Kier alpha value is -1.42. The largest absolute Gasteiger partial charge is 0.233 e. The van der Waals surface area contributed by atoms with Crippen molar-refractivity contribution in [3.8, 4) is 5.82 Å². The van der Waals surface area contributed by atoms with Crippen molar-refractivity contribution in [3.63, 3.8) is 0 Å². The van der Waals surface area contributed by atoms with Crippen LogP contribution < -0.4 is 0 Å². The summed E-state index contributed by atoms with van der Waals surface area (Å²) in [5.41, 5.74) is 0.946. The van der Waals surface area contributed by atoms with Crippen molar-refractivity contribution in [2.75, 3.05) is 0 Å². The van der Waals surface area contributed by atoms with Crippen LogP contribution in [0.3, 0.4) is 0 Å². The summed E-state index contributed by atoms with van der Waals surface area (Å²) in [5.74, 6) is -0.330. The zero-order chi connectivity index (χ0) is 10.1. The molecular weight excluding hydrogens is 205 g/mol. The summed E-state index contributed by atoms with van der Waals surface area (Å²) in [4.78, 5) is 3.85. The molecule has 0 aliphatic rings. The molecule has 0 bridgehead atoms. The second-order valence-electron chi connectivity index (χ2n) is 2.92. The third kappa shape index (κ3) is 1.61. The smallest absolute Gasteiger partial charge is 0.189 e. The van der Waals surface area contributed by atoms with Crippen LogP contribution in [0.15, 0.2) is 24.7 Å². The molecule has 0 saturated carbocycles. The predicted molar refractivity (Wildman–Crippen MR) is 51.1 cm³/mol. The Morgan fingerprint density at radius 3 is 2.79 bits per heavy atom. The normalized spacial score (nSPS) is 10.5. The van der Waals surface area contributed by atoms with Gasteiger partial charge in [0.2, 0.25) is 0 Å². The average molecular weight is 212 g/mol. The van der Waals surface area contributed by atoms with E-state index in [0.29, 0.717) is 0 Å². The number of rotatable bonds is 1. The highest BCUT2D eigenvalue weighted by Crippen LogP contribution is 2.14. The van der Waals surface area contributed by atoms with E-state index in [9.17, 15) is 4.39 Å². The van der Waals surface area contributed by atoms with Gasteiger partial charge in [-0.3, -0.25) is 0 Å². The maximum absolute atomic E-state index is 13.3. The van der Waals surface area contributed by atoms with Gasteiger partial charge in [0.15, 0.2) is 11.6 Å². The first kappa shape index (κ1) is 9.15. The van der Waals surface area contributed by atoms with Gasteiger partial charge in [-0.1, -0.05) is 11.6 Å². The molecule has 0 saturated heterocycles. The third-order valence-electron chi connectivity index (χ3n) is 1.72. The van der Waals surface area contributed by atoms with E-state index in [-0.39, 0.29) is 10.8 Å². The lowest BCUT2D eigenvalue weighted by Gasteiger charge is -2.01. The summed E-state index contributed by atoms with van der Waals surface area (Å²) in [6.45, 7) is 1.87. The summed E-state index contributed by atoms with van der Waals surface area (Å²) in [6, 6.07) is 1.21. The van der Waals surface area contributed by atoms with Crippen molar-refractivity contribution < 1.29 is 4.39 Å². The Balaban J connectivity index is 2.52. The molecule has 3 nitrogen and oxygen atoms in total. The Bertz CT molecular complexity index is 467. The maximum atomic E-state index is 13.3. The second-order valence-corrected chi connectivity index (χ2v) is 3.36. The second kappa shape index (κ2) is 3.38. The molecule has 2 rings (SSSR count). The molecule has 2 aromatic heterocycles. The molecule has 0 aromatic carbocycles. The molecule has 5 heteroatoms. The van der Waals surface area contributed by atoms with Crippen LogP contribution in [0.25, 0.3) is 5.82 Å². The molecule has 0 fully saturated rings. The molecule has 0 spiro atoms. The van der Waals surface area contributed by atoms with Crippen molar-refractivity contribution >= 4 is 11.6 Å². The molecule has 0 N–H and O–H groups in total. The van der Waals surface area contributed by atoms with Crippen LogP contribution in [-0.4, -0.2) is 14.8 Å². The van der Waals surface area contributed by atoms with E-state index in [1.165, 1.54) is 16.9 Å². The lowest BCUT2D eigenvalue weighted by molar-refractivity contribution is 0.600. The average Bonchev–Trinajstić information content (AvgIpc) is 2.51. The van der Waals surface area contributed by atoms with E-state index in [4.69, 9.17) is 11.6 Å². The topological polar surface area (TPSA) is 30.7 Å². The van der Waals surface area contributed by atoms with Gasteiger partial charge < -0.3 is 0 Å². The van der Waals surface area contributed by atoms with Crippen LogP contribution >= 0.6 is 11.6 Å². The lowest BCUT2D eigenvalue weighted by Crippen LogP contribution is -2.00. The van der Waals surface area contributed by atoms with Crippen LogP contribution in [0, 0.1) is 12.7 Å². The van der Waals surface area contributed by atoms with E-state index in [1.807, 2.05) is 6.92 Å². The molecule has 2 aromatic rings. The van der Waals surface area contributed by atoms with Crippen molar-refractivity contribution in [1.82, 2.24) is 14.8 Å². The van der Waals surface area contributed by atoms with E-state index >= 15 is 0 Å². The van der Waals surface area contributed by atoms with Gasteiger partial charge in [0, 0.05) is 12.4 Å². The molecule has 0 aliphatic heterocycles. The SMILES string of the molecule is Cc1cnn(-c2ncc(Cl)cc2F)c1. The fraction of sp³-hybridized carbons (Fsp3) is 0.111. The summed E-state index contributed by atoms with van der Waals surface area (Å²) in [6.07, 6.45) is 4.71. The van der Waals surface area contributed by atoms with Crippen LogP contribution in [0.4, 0.5) is 4.39 Å². The Morgan fingerprint density at radius 2 is 2.21 bits per heavy atom. The van der Waals surface area contributed by atoms with Gasteiger partial charge in [-0.05, 0) is 18.6 Å². The number of aromatic nitrogens is 3. The van der Waals surface area contributed by atoms with Crippen molar-refractivity contribution in [3.05, 3.63) is 41.1 Å². The molecule has 0 atom stereocenters. The number of halogens is 2. The Labute approximate surface area is 85.1 Å². The number of aryl methyl sites for hydroxylation is 1. The van der Waals surface area contributed by atoms with Crippen LogP contribution in [-0.2, 0) is 0 Å². The zero-order valence-corrected chi connectivity index (χ0v) is 8.16. The van der Waals surface area contributed by atoms with E-state index in [2.05, 4.69) is 10.1 Å². The molecule has 0 amide bonds. The minimum Gasteiger partial charge on any atom is -0.233 e. The van der Waals surface area contributed by atoms with Crippen LogP contribution in [0.5, 0.6) is 0 Å². The van der Waals surface area contributed by atoms with E-state index in [0.717, 1.165) is 5.56 Å². The molecule has 72 valence electrons. The molecule has 0 unspecified atom stereocenters. The van der Waals surface area contributed by atoms with Gasteiger partial charge in [0.25, 0.3) is 0 Å². The number of pyridine rings is 1. The lowest BCUT2D eigenvalue weighted by atomic mass is 10.4. The highest BCUT2D eigenvalue weighted by Gasteiger charge is 2.07. The molecule has 0 aliphatic carbocycles. The molecule has 0 radical (unpaired) electrons. The van der Waals surface area contributed by atoms with Gasteiger partial charge in [0.05, 0.1) is 11.2 Å². The zero-order valence-electron chi connectivity index (χ0n) is 7.41. The summed E-state index contributed by atoms with van der Waals surface area (Å²) >= 11 is 5.58. The fourth-order valence-electron chi connectivity index (χ4n) is 1.10. The Kier molecular flexibility index (Phi) is 2.21. The van der Waals surface area contributed by atoms with Crippen LogP contribution in [0.1, 0.15) is 5.56 Å². The van der Waals surface area contributed by atoms with Crippen molar-refractivity contribution in [2.24, 2.45) is 0 Å². The number of hydrogen-bond acceptors (Lipinski definition) is 2. The highest BCUT2D eigenvalue weighted by atomic mass is 35.5. The van der Waals surface area contributed by atoms with Crippen molar-refractivity contribution in [2.45, 2.75) is 6.92 Å². The summed E-state index contributed by atoms with van der Waals surface area (Å²) in [7, 11) is 0. The van der Waals surface area contributed by atoms with Gasteiger partial charge in [-0.25, -0.2) is 14.1 Å². The van der Waals surface area contributed by atoms with Gasteiger partial charge in [-0.2, -0.15) is 5.10 Å². The first-order chi connectivity index (χ1) is 6.66. The van der Waals surface area contributed by atoms with Crippen molar-refractivity contribution in [1.29, 1.82) is 0 Å². The quantitative estimate of drug-likeness (QED) is 0.725. The highest BCUT2D eigenvalue weighted by molar-refractivity contribution is 6.30. The van der Waals surface area contributed by atoms with E-state index < -0.39 is 5.82 Å². The molecular formula is C9H7ClFN3. The Morgan fingerprint density at radius 1 is 1.43 bits per heavy atom.